The van der Waals surface area contributed by atoms with Gasteiger partial charge in [0.05, 0.1) is 6.10 Å². The fourth-order valence-corrected chi connectivity index (χ4v) is 2.80. The zero-order chi connectivity index (χ0) is 13.5. The summed E-state index contributed by atoms with van der Waals surface area (Å²) in [5, 5.41) is 0. The summed E-state index contributed by atoms with van der Waals surface area (Å²) in [6.07, 6.45) is 1.07. The van der Waals surface area contributed by atoms with Gasteiger partial charge in [-0.15, -0.1) is 0 Å². The first-order valence-corrected chi connectivity index (χ1v) is 7.58. The molecule has 0 N–H and O–H groups in total. The molecular weight excluding hydrogens is 300 g/mol. The molecule has 1 nitrogen and oxygen atoms in total. The van der Waals surface area contributed by atoms with Crippen molar-refractivity contribution in [3.05, 3.63) is 71.8 Å². The van der Waals surface area contributed by atoms with Gasteiger partial charge in [0.15, 0.2) is 0 Å². The van der Waals surface area contributed by atoms with Crippen molar-refractivity contribution in [3.63, 3.8) is 0 Å². The molecule has 2 aromatic rings. The highest BCUT2D eigenvalue weighted by atomic mass is 79.9. The number of ether oxygens (including phenoxy) is 1. The SMILES string of the molecule is CCO[C@H](C[C@H](Br)c1ccccc1)c1ccccc1. The van der Waals surface area contributed by atoms with Crippen molar-refractivity contribution in [1.29, 1.82) is 0 Å². The lowest BCUT2D eigenvalue weighted by Gasteiger charge is -2.21. The number of hydrogen-bond donors (Lipinski definition) is 0. The van der Waals surface area contributed by atoms with Crippen LogP contribution in [0.25, 0.3) is 0 Å². The van der Waals surface area contributed by atoms with Crippen molar-refractivity contribution in [1.82, 2.24) is 0 Å². The molecule has 0 aromatic heterocycles. The summed E-state index contributed by atoms with van der Waals surface area (Å²) in [6.45, 7) is 2.77. The topological polar surface area (TPSA) is 9.23 Å². The summed E-state index contributed by atoms with van der Waals surface area (Å²) in [4.78, 5) is 0.311. The van der Waals surface area contributed by atoms with Gasteiger partial charge >= 0.3 is 0 Å². The molecule has 0 aliphatic rings. The average Bonchev–Trinajstić information content (AvgIpc) is 2.48. The van der Waals surface area contributed by atoms with E-state index in [2.05, 4.69) is 64.5 Å². The van der Waals surface area contributed by atoms with Crippen molar-refractivity contribution in [3.8, 4) is 0 Å². The Morgan fingerprint density at radius 2 is 1.42 bits per heavy atom. The molecule has 0 heterocycles. The van der Waals surface area contributed by atoms with Gasteiger partial charge in [-0.25, -0.2) is 0 Å². The van der Waals surface area contributed by atoms with E-state index in [1.165, 1.54) is 11.1 Å². The highest BCUT2D eigenvalue weighted by Gasteiger charge is 2.17. The van der Waals surface area contributed by atoms with E-state index in [9.17, 15) is 0 Å². The minimum Gasteiger partial charge on any atom is -0.374 e. The molecule has 0 saturated carbocycles. The molecule has 0 spiro atoms. The number of alkyl halides is 1. The van der Waals surface area contributed by atoms with Crippen molar-refractivity contribution in [2.45, 2.75) is 24.3 Å². The predicted molar refractivity (Wildman–Crippen MR) is 83.5 cm³/mol. The van der Waals surface area contributed by atoms with Crippen LogP contribution in [0, 0.1) is 0 Å². The van der Waals surface area contributed by atoms with Gasteiger partial charge in [-0.2, -0.15) is 0 Å². The van der Waals surface area contributed by atoms with Crippen LogP contribution in [0.2, 0.25) is 0 Å². The zero-order valence-electron chi connectivity index (χ0n) is 11.1. The third-order valence-electron chi connectivity index (χ3n) is 3.12. The lowest BCUT2D eigenvalue weighted by Crippen LogP contribution is -2.07. The van der Waals surface area contributed by atoms with Gasteiger partial charge in [0.2, 0.25) is 0 Å². The molecule has 0 saturated heterocycles. The van der Waals surface area contributed by atoms with Crippen LogP contribution >= 0.6 is 15.9 Å². The van der Waals surface area contributed by atoms with Crippen LogP contribution in [0.5, 0.6) is 0 Å². The molecule has 2 aromatic carbocycles. The van der Waals surface area contributed by atoms with E-state index in [0.29, 0.717) is 4.83 Å². The molecule has 0 unspecified atom stereocenters. The van der Waals surface area contributed by atoms with Crippen molar-refractivity contribution in [2.24, 2.45) is 0 Å². The van der Waals surface area contributed by atoms with Gasteiger partial charge in [-0.3, -0.25) is 0 Å². The fraction of sp³-hybridized carbons (Fsp3) is 0.294. The van der Waals surface area contributed by atoms with Gasteiger partial charge in [0.1, 0.15) is 0 Å². The Kier molecular flexibility index (Phi) is 5.62. The molecule has 2 rings (SSSR count). The van der Waals surface area contributed by atoms with E-state index in [1.807, 2.05) is 19.1 Å². The maximum atomic E-state index is 5.89. The normalized spacial score (nSPS) is 14.0. The Bertz CT molecular complexity index is 469. The summed E-state index contributed by atoms with van der Waals surface area (Å²) in [5.41, 5.74) is 2.54. The van der Waals surface area contributed by atoms with E-state index >= 15 is 0 Å². The van der Waals surface area contributed by atoms with Crippen LogP contribution in [0.4, 0.5) is 0 Å². The Labute approximate surface area is 123 Å². The second-order valence-corrected chi connectivity index (χ2v) is 5.57. The molecule has 19 heavy (non-hydrogen) atoms. The van der Waals surface area contributed by atoms with E-state index in [0.717, 1.165) is 13.0 Å². The van der Waals surface area contributed by atoms with Gasteiger partial charge < -0.3 is 4.74 Å². The monoisotopic (exact) mass is 318 g/mol. The van der Waals surface area contributed by atoms with E-state index in [1.54, 1.807) is 0 Å². The van der Waals surface area contributed by atoms with Gasteiger partial charge in [-0.1, -0.05) is 76.6 Å². The van der Waals surface area contributed by atoms with E-state index < -0.39 is 0 Å². The summed E-state index contributed by atoms with van der Waals surface area (Å²) >= 11 is 3.77. The minimum absolute atomic E-state index is 0.135. The lowest BCUT2D eigenvalue weighted by atomic mass is 10.0. The average molecular weight is 319 g/mol. The first-order valence-electron chi connectivity index (χ1n) is 6.66. The van der Waals surface area contributed by atoms with E-state index in [-0.39, 0.29) is 6.10 Å². The summed E-state index contributed by atoms with van der Waals surface area (Å²) in [5.74, 6) is 0. The number of hydrogen-bond acceptors (Lipinski definition) is 1. The second kappa shape index (κ2) is 7.46. The Hall–Kier alpha value is -1.12. The second-order valence-electron chi connectivity index (χ2n) is 4.47. The first kappa shape index (κ1) is 14.3. The molecular formula is C17H19BrO. The van der Waals surface area contributed by atoms with E-state index in [4.69, 9.17) is 4.74 Å². The third-order valence-corrected chi connectivity index (χ3v) is 4.02. The molecule has 2 heteroatoms. The third kappa shape index (κ3) is 4.19. The molecule has 0 bridgehead atoms. The number of benzene rings is 2. The molecule has 2 atom stereocenters. The highest BCUT2D eigenvalue weighted by Crippen LogP contribution is 2.34. The molecule has 0 aliphatic heterocycles. The van der Waals surface area contributed by atoms with Gasteiger partial charge in [0, 0.05) is 11.4 Å². The summed E-state index contributed by atoms with van der Waals surface area (Å²) in [7, 11) is 0. The van der Waals surface area contributed by atoms with Crippen LogP contribution in [-0.4, -0.2) is 6.61 Å². The number of halogens is 1. The molecule has 0 radical (unpaired) electrons. The smallest absolute Gasteiger partial charge is 0.0838 e. The summed E-state index contributed by atoms with van der Waals surface area (Å²) < 4.78 is 5.89. The van der Waals surface area contributed by atoms with Crippen molar-refractivity contribution >= 4 is 15.9 Å². The van der Waals surface area contributed by atoms with Crippen LogP contribution < -0.4 is 0 Å². The van der Waals surface area contributed by atoms with Gasteiger partial charge in [-0.05, 0) is 24.5 Å². The summed E-state index contributed by atoms with van der Waals surface area (Å²) in [6, 6.07) is 20.9. The predicted octanol–water partition coefficient (Wildman–Crippen LogP) is 5.29. The van der Waals surface area contributed by atoms with Crippen LogP contribution in [0.3, 0.4) is 0 Å². The van der Waals surface area contributed by atoms with Crippen LogP contribution in [0.1, 0.15) is 35.4 Å². The highest BCUT2D eigenvalue weighted by molar-refractivity contribution is 9.09. The van der Waals surface area contributed by atoms with Crippen molar-refractivity contribution in [2.75, 3.05) is 6.61 Å². The largest absolute Gasteiger partial charge is 0.374 e. The first-order chi connectivity index (χ1) is 9.31. The number of rotatable bonds is 6. The van der Waals surface area contributed by atoms with Crippen LogP contribution in [-0.2, 0) is 4.74 Å². The molecule has 100 valence electrons. The quantitative estimate of drug-likeness (QED) is 0.657. The van der Waals surface area contributed by atoms with Crippen LogP contribution in [0.15, 0.2) is 60.7 Å². The Balaban J connectivity index is 2.09. The molecule has 0 fully saturated rings. The molecule has 0 aliphatic carbocycles. The Morgan fingerprint density at radius 3 is 1.95 bits per heavy atom. The lowest BCUT2D eigenvalue weighted by molar-refractivity contribution is 0.0562. The zero-order valence-corrected chi connectivity index (χ0v) is 12.7. The maximum Gasteiger partial charge on any atom is 0.0838 e. The maximum absolute atomic E-state index is 5.89. The van der Waals surface area contributed by atoms with Gasteiger partial charge in [0.25, 0.3) is 0 Å². The van der Waals surface area contributed by atoms with Crippen molar-refractivity contribution < 1.29 is 4.74 Å². The Morgan fingerprint density at radius 1 is 0.895 bits per heavy atom. The standard InChI is InChI=1S/C17H19BrO/c1-2-19-17(15-11-7-4-8-12-15)13-16(18)14-9-5-3-6-10-14/h3-12,16-17H,2,13H2,1H3/t16-,17+/m0/s1. The fourth-order valence-electron chi connectivity index (χ4n) is 2.16. The minimum atomic E-state index is 0.135. The molecule has 0 amide bonds.